The first-order valence-corrected chi connectivity index (χ1v) is 6.02. The highest BCUT2D eigenvalue weighted by Gasteiger charge is 2.45. The van der Waals surface area contributed by atoms with Crippen LogP contribution in [0.5, 0.6) is 0 Å². The smallest absolute Gasteiger partial charge is 0.217 e. The molecule has 0 radical (unpaired) electrons. The number of hydrogen-bond donors (Lipinski definition) is 4. The van der Waals surface area contributed by atoms with E-state index in [4.69, 9.17) is 14.6 Å². The number of hydrogen-bond acceptors (Lipinski definition) is 6. The number of amides is 1. The van der Waals surface area contributed by atoms with E-state index < -0.39 is 37.3 Å². The van der Waals surface area contributed by atoms with Crippen molar-refractivity contribution >= 4 is 5.91 Å². The molecule has 0 saturated carbocycles. The molecule has 0 bridgehead atoms. The molecular formula is C11H21NO6. The third-order valence-corrected chi connectivity index (χ3v) is 2.76. The number of ether oxygens (including phenoxy) is 2. The lowest BCUT2D eigenvalue weighted by Crippen LogP contribution is -2.64. The lowest BCUT2D eigenvalue weighted by atomic mass is 9.96. The van der Waals surface area contributed by atoms with Gasteiger partial charge in [0.15, 0.2) is 6.29 Å². The molecule has 0 aromatic carbocycles. The van der Waals surface area contributed by atoms with Crippen molar-refractivity contribution in [2.24, 2.45) is 0 Å². The van der Waals surface area contributed by atoms with Gasteiger partial charge < -0.3 is 30.1 Å². The molecule has 0 aliphatic carbocycles. The Balaban J connectivity index is 2.79. The van der Waals surface area contributed by atoms with Gasteiger partial charge in [-0.05, 0) is 6.42 Å². The number of carbonyl (C=O) groups excluding carboxylic acids is 1. The van der Waals surface area contributed by atoms with Gasteiger partial charge in [0.2, 0.25) is 5.91 Å². The zero-order valence-corrected chi connectivity index (χ0v) is 10.6. The van der Waals surface area contributed by atoms with Crippen LogP contribution in [0.4, 0.5) is 0 Å². The summed E-state index contributed by atoms with van der Waals surface area (Å²) in [5, 5.41) is 31.3. The van der Waals surface area contributed by atoms with E-state index in [1.54, 1.807) is 0 Å². The van der Waals surface area contributed by atoms with E-state index >= 15 is 0 Å². The van der Waals surface area contributed by atoms with Crippen LogP contribution in [0.3, 0.4) is 0 Å². The SMILES string of the molecule is CCCO[C@H]1[C@H](O)[C@H](CO)O[C@@H](O)[C@H]1NC(C)=O. The van der Waals surface area contributed by atoms with Gasteiger partial charge in [-0.1, -0.05) is 6.92 Å². The zero-order chi connectivity index (χ0) is 13.7. The predicted octanol–water partition coefficient (Wildman–Crippen LogP) is -1.64. The Labute approximate surface area is 106 Å². The maximum atomic E-state index is 11.1. The topological polar surface area (TPSA) is 108 Å². The van der Waals surface area contributed by atoms with Crippen LogP contribution in [-0.2, 0) is 14.3 Å². The van der Waals surface area contributed by atoms with Crippen LogP contribution in [0.15, 0.2) is 0 Å². The fourth-order valence-electron chi connectivity index (χ4n) is 1.93. The Morgan fingerprint density at radius 1 is 1.44 bits per heavy atom. The van der Waals surface area contributed by atoms with Crippen molar-refractivity contribution in [3.05, 3.63) is 0 Å². The van der Waals surface area contributed by atoms with E-state index in [-0.39, 0.29) is 5.91 Å². The molecule has 1 aliphatic heterocycles. The fraction of sp³-hybridized carbons (Fsp3) is 0.909. The summed E-state index contributed by atoms with van der Waals surface area (Å²) in [7, 11) is 0. The molecule has 7 heteroatoms. The Morgan fingerprint density at radius 2 is 2.11 bits per heavy atom. The van der Waals surface area contributed by atoms with Crippen LogP contribution in [0, 0.1) is 0 Å². The van der Waals surface area contributed by atoms with E-state index in [9.17, 15) is 15.0 Å². The largest absolute Gasteiger partial charge is 0.394 e. The summed E-state index contributed by atoms with van der Waals surface area (Å²) >= 11 is 0. The standard InChI is InChI=1S/C11H21NO6/c1-3-4-17-10-8(12-6(2)14)11(16)18-7(5-13)9(10)15/h7-11,13,15-16H,3-5H2,1-2H3,(H,12,14)/t7-,8-,9+,10+,11+/m0/s1. The van der Waals surface area contributed by atoms with Gasteiger partial charge >= 0.3 is 0 Å². The van der Waals surface area contributed by atoms with Gasteiger partial charge in [0.1, 0.15) is 24.4 Å². The highest BCUT2D eigenvalue weighted by atomic mass is 16.6. The van der Waals surface area contributed by atoms with Crippen molar-refractivity contribution in [1.82, 2.24) is 5.32 Å². The maximum absolute atomic E-state index is 11.1. The number of nitrogens with one attached hydrogen (secondary N) is 1. The molecule has 0 aromatic rings. The van der Waals surface area contributed by atoms with Crippen molar-refractivity contribution in [3.8, 4) is 0 Å². The molecule has 5 atom stereocenters. The summed E-state index contributed by atoms with van der Waals surface area (Å²) in [6.07, 6.45) is -3.43. The maximum Gasteiger partial charge on any atom is 0.217 e. The molecule has 106 valence electrons. The minimum absolute atomic E-state index is 0.359. The van der Waals surface area contributed by atoms with Gasteiger partial charge in [-0.3, -0.25) is 4.79 Å². The fourth-order valence-corrected chi connectivity index (χ4v) is 1.93. The van der Waals surface area contributed by atoms with Crippen molar-refractivity contribution in [1.29, 1.82) is 0 Å². The van der Waals surface area contributed by atoms with Crippen LogP contribution in [0.1, 0.15) is 20.3 Å². The molecule has 1 heterocycles. The third-order valence-electron chi connectivity index (χ3n) is 2.76. The number of aliphatic hydroxyl groups excluding tert-OH is 3. The van der Waals surface area contributed by atoms with Crippen molar-refractivity contribution in [3.63, 3.8) is 0 Å². The predicted molar refractivity (Wildman–Crippen MR) is 61.6 cm³/mol. The second-order valence-electron chi connectivity index (χ2n) is 4.30. The monoisotopic (exact) mass is 263 g/mol. The van der Waals surface area contributed by atoms with Crippen LogP contribution < -0.4 is 5.32 Å². The van der Waals surface area contributed by atoms with Crippen LogP contribution >= 0.6 is 0 Å². The van der Waals surface area contributed by atoms with E-state index in [0.29, 0.717) is 6.61 Å². The first-order valence-electron chi connectivity index (χ1n) is 6.02. The normalized spacial score (nSPS) is 36.4. The average molecular weight is 263 g/mol. The van der Waals surface area contributed by atoms with Gasteiger partial charge in [0.25, 0.3) is 0 Å². The van der Waals surface area contributed by atoms with E-state index in [1.165, 1.54) is 6.92 Å². The Hall–Kier alpha value is -0.730. The second-order valence-corrected chi connectivity index (χ2v) is 4.30. The summed E-state index contributed by atoms with van der Waals surface area (Å²) in [6.45, 7) is 3.15. The van der Waals surface area contributed by atoms with E-state index in [0.717, 1.165) is 6.42 Å². The molecule has 18 heavy (non-hydrogen) atoms. The molecule has 4 N–H and O–H groups in total. The second kappa shape index (κ2) is 7.01. The van der Waals surface area contributed by atoms with Crippen molar-refractivity contribution in [2.75, 3.05) is 13.2 Å². The molecular weight excluding hydrogens is 242 g/mol. The van der Waals surface area contributed by atoms with Gasteiger partial charge in [0, 0.05) is 13.5 Å². The molecule has 0 spiro atoms. The molecule has 0 aromatic heterocycles. The quantitative estimate of drug-likeness (QED) is 0.473. The van der Waals surface area contributed by atoms with Crippen molar-refractivity contribution in [2.45, 2.75) is 50.9 Å². The number of carbonyl (C=O) groups is 1. The Kier molecular flexibility index (Phi) is 5.97. The lowest BCUT2D eigenvalue weighted by Gasteiger charge is -2.42. The molecule has 7 nitrogen and oxygen atoms in total. The van der Waals surface area contributed by atoms with Crippen LogP contribution in [0.25, 0.3) is 0 Å². The summed E-state index contributed by atoms with van der Waals surface area (Å²) in [5.41, 5.74) is 0. The molecule has 1 saturated heterocycles. The molecule has 1 fully saturated rings. The van der Waals surface area contributed by atoms with Gasteiger partial charge in [-0.2, -0.15) is 0 Å². The highest BCUT2D eigenvalue weighted by molar-refractivity contribution is 5.73. The van der Waals surface area contributed by atoms with Crippen molar-refractivity contribution < 1.29 is 29.6 Å². The number of rotatable bonds is 5. The summed E-state index contributed by atoms with van der Waals surface area (Å²) in [6, 6.07) is -0.855. The lowest BCUT2D eigenvalue weighted by molar-refractivity contribution is -0.261. The first-order chi connectivity index (χ1) is 8.51. The third kappa shape index (κ3) is 3.63. The number of aliphatic hydroxyl groups is 3. The minimum Gasteiger partial charge on any atom is -0.394 e. The van der Waals surface area contributed by atoms with E-state index in [1.807, 2.05) is 6.92 Å². The molecule has 1 rings (SSSR count). The van der Waals surface area contributed by atoms with E-state index in [2.05, 4.69) is 5.32 Å². The first kappa shape index (κ1) is 15.3. The van der Waals surface area contributed by atoms with Gasteiger partial charge in [-0.25, -0.2) is 0 Å². The average Bonchev–Trinajstić information content (AvgIpc) is 2.32. The van der Waals surface area contributed by atoms with Gasteiger partial charge in [-0.15, -0.1) is 0 Å². The molecule has 1 aliphatic rings. The van der Waals surface area contributed by atoms with Crippen LogP contribution in [0.2, 0.25) is 0 Å². The van der Waals surface area contributed by atoms with Gasteiger partial charge in [0.05, 0.1) is 6.61 Å². The summed E-state index contributed by atoms with van der Waals surface area (Å²) in [5.74, 6) is -0.359. The molecule has 1 amide bonds. The van der Waals surface area contributed by atoms with Crippen LogP contribution in [-0.4, -0.2) is 65.1 Å². The summed E-state index contributed by atoms with van der Waals surface area (Å²) in [4.78, 5) is 11.1. The minimum atomic E-state index is -1.32. The zero-order valence-electron chi connectivity index (χ0n) is 10.6. The Bertz CT molecular complexity index is 274. The highest BCUT2D eigenvalue weighted by Crippen LogP contribution is 2.22. The Morgan fingerprint density at radius 3 is 2.61 bits per heavy atom. The summed E-state index contributed by atoms with van der Waals surface area (Å²) < 4.78 is 10.5. The molecule has 0 unspecified atom stereocenters.